The standard InChI is InChI=1S/C31H38N6O4/c1-6-41-27-14-22-8-7-10-36-25(23(22)15-26(27)40-5)16-28(35-29-20(3)12-19(2)13-21(29)4)37(31(36)39)11-9-33-30(38)24-17-32-18-34-24/h12-15,17-18,25H,6-11,16H2,1-5H3,(H,32,34)(H,33,38). The van der Waals surface area contributed by atoms with Crippen LogP contribution in [0.25, 0.3) is 0 Å². The Hall–Kier alpha value is -4.34. The second kappa shape index (κ2) is 12.0. The Balaban J connectivity index is 1.52. The van der Waals surface area contributed by atoms with Crippen LogP contribution < -0.4 is 14.8 Å². The lowest BCUT2D eigenvalue weighted by Gasteiger charge is -2.42. The zero-order chi connectivity index (χ0) is 29.1. The Kier molecular flexibility index (Phi) is 8.28. The Morgan fingerprint density at radius 2 is 1.95 bits per heavy atom. The van der Waals surface area contributed by atoms with Crippen molar-refractivity contribution in [3.63, 3.8) is 0 Å². The third kappa shape index (κ3) is 5.77. The number of hydrogen-bond acceptors (Lipinski definition) is 6. The summed E-state index contributed by atoms with van der Waals surface area (Å²) in [5.41, 5.74) is 6.76. The summed E-state index contributed by atoms with van der Waals surface area (Å²) in [7, 11) is 1.64. The van der Waals surface area contributed by atoms with E-state index in [1.807, 2.05) is 31.7 Å². The van der Waals surface area contributed by atoms with Gasteiger partial charge in [0.2, 0.25) is 0 Å². The van der Waals surface area contributed by atoms with Crippen LogP contribution in [0.3, 0.4) is 0 Å². The highest BCUT2D eigenvalue weighted by molar-refractivity contribution is 6.02. The summed E-state index contributed by atoms with van der Waals surface area (Å²) >= 11 is 0. The summed E-state index contributed by atoms with van der Waals surface area (Å²) in [5, 5.41) is 2.89. The van der Waals surface area contributed by atoms with Gasteiger partial charge in [-0.2, -0.15) is 0 Å². The maximum absolute atomic E-state index is 14.2. The largest absolute Gasteiger partial charge is 0.493 e. The SMILES string of the molecule is CCOc1cc2c(cc1OC)C1CC(=Nc3c(C)cc(C)cc3C)N(CCNC(=O)c3cnc[nH]3)C(=O)N1CCC2. The molecule has 2 aliphatic heterocycles. The number of nitrogens with one attached hydrogen (secondary N) is 2. The molecule has 41 heavy (non-hydrogen) atoms. The van der Waals surface area contributed by atoms with Crippen molar-refractivity contribution in [2.75, 3.05) is 33.4 Å². The number of ether oxygens (including phenoxy) is 2. The van der Waals surface area contributed by atoms with Gasteiger partial charge in [-0.3, -0.25) is 9.69 Å². The molecule has 3 aromatic rings. The van der Waals surface area contributed by atoms with Crippen LogP contribution in [0.4, 0.5) is 10.5 Å². The minimum absolute atomic E-state index is 0.112. The summed E-state index contributed by atoms with van der Waals surface area (Å²) in [4.78, 5) is 42.2. The normalized spacial score (nSPS) is 17.6. The first-order valence-corrected chi connectivity index (χ1v) is 14.1. The van der Waals surface area contributed by atoms with E-state index in [0.717, 1.165) is 46.5 Å². The molecule has 0 spiro atoms. The predicted octanol–water partition coefficient (Wildman–Crippen LogP) is 5.02. The number of amides is 3. The molecule has 3 amide bonds. The number of aliphatic imine (C=N–C) groups is 1. The van der Waals surface area contributed by atoms with Crippen molar-refractivity contribution in [1.82, 2.24) is 25.1 Å². The van der Waals surface area contributed by atoms with Gasteiger partial charge in [-0.1, -0.05) is 17.7 Å². The molecule has 2 N–H and O–H groups in total. The fourth-order valence-corrected chi connectivity index (χ4v) is 5.90. The lowest BCUT2D eigenvalue weighted by molar-refractivity contribution is 0.0943. The van der Waals surface area contributed by atoms with Crippen LogP contribution in [0.5, 0.6) is 11.5 Å². The van der Waals surface area contributed by atoms with Crippen molar-refractivity contribution in [3.8, 4) is 11.5 Å². The third-order valence-electron chi connectivity index (χ3n) is 7.71. The van der Waals surface area contributed by atoms with E-state index < -0.39 is 0 Å². The molecule has 5 rings (SSSR count). The van der Waals surface area contributed by atoms with E-state index in [0.29, 0.717) is 43.4 Å². The number of amidine groups is 1. The van der Waals surface area contributed by atoms with E-state index in [9.17, 15) is 9.59 Å². The molecule has 2 aromatic carbocycles. The van der Waals surface area contributed by atoms with Gasteiger partial charge in [-0.15, -0.1) is 0 Å². The second-order valence-electron chi connectivity index (χ2n) is 10.6. The van der Waals surface area contributed by atoms with Gasteiger partial charge in [0.25, 0.3) is 5.91 Å². The van der Waals surface area contributed by atoms with E-state index in [-0.39, 0.29) is 24.5 Å². The Morgan fingerprint density at radius 1 is 1.17 bits per heavy atom. The third-order valence-corrected chi connectivity index (χ3v) is 7.71. The molecule has 1 saturated heterocycles. The number of aryl methyl sites for hydroxylation is 4. The molecule has 0 radical (unpaired) electrons. The Bertz CT molecular complexity index is 1440. The van der Waals surface area contributed by atoms with Gasteiger partial charge in [-0.05, 0) is 74.9 Å². The maximum atomic E-state index is 14.2. The maximum Gasteiger partial charge on any atom is 0.326 e. The summed E-state index contributed by atoms with van der Waals surface area (Å²) in [5.74, 6) is 1.79. The van der Waals surface area contributed by atoms with Gasteiger partial charge in [0.1, 0.15) is 11.5 Å². The van der Waals surface area contributed by atoms with E-state index >= 15 is 0 Å². The fourth-order valence-electron chi connectivity index (χ4n) is 5.90. The number of rotatable bonds is 8. The first-order chi connectivity index (χ1) is 19.8. The van der Waals surface area contributed by atoms with Crippen LogP contribution >= 0.6 is 0 Å². The van der Waals surface area contributed by atoms with Crippen LogP contribution in [0.2, 0.25) is 0 Å². The van der Waals surface area contributed by atoms with Crippen LogP contribution in [0, 0.1) is 20.8 Å². The van der Waals surface area contributed by atoms with E-state index in [4.69, 9.17) is 14.5 Å². The highest BCUT2D eigenvalue weighted by atomic mass is 16.5. The van der Waals surface area contributed by atoms with Crippen LogP contribution in [-0.2, 0) is 6.42 Å². The van der Waals surface area contributed by atoms with Gasteiger partial charge in [0.05, 0.1) is 38.0 Å². The zero-order valence-electron chi connectivity index (χ0n) is 24.4. The van der Waals surface area contributed by atoms with Crippen molar-refractivity contribution in [3.05, 3.63) is 70.3 Å². The number of benzene rings is 2. The fraction of sp³-hybridized carbons (Fsp3) is 0.419. The smallest absolute Gasteiger partial charge is 0.326 e. The van der Waals surface area contributed by atoms with Gasteiger partial charge in [0.15, 0.2) is 11.5 Å². The zero-order valence-corrected chi connectivity index (χ0v) is 24.4. The van der Waals surface area contributed by atoms with E-state index in [2.05, 4.69) is 40.4 Å². The monoisotopic (exact) mass is 558 g/mol. The minimum Gasteiger partial charge on any atom is -0.493 e. The average molecular weight is 559 g/mol. The van der Waals surface area contributed by atoms with Crippen molar-refractivity contribution >= 4 is 23.5 Å². The van der Waals surface area contributed by atoms with Crippen LogP contribution in [-0.4, -0.2) is 70.9 Å². The molecule has 1 fully saturated rings. The predicted molar refractivity (Wildman–Crippen MR) is 157 cm³/mol. The van der Waals surface area contributed by atoms with Crippen molar-refractivity contribution < 1.29 is 19.1 Å². The number of fused-ring (bicyclic) bond motifs is 3. The van der Waals surface area contributed by atoms with Crippen molar-refractivity contribution in [2.24, 2.45) is 4.99 Å². The molecule has 216 valence electrons. The number of carbonyl (C=O) groups is 2. The first-order valence-electron chi connectivity index (χ1n) is 14.1. The molecule has 1 atom stereocenters. The van der Waals surface area contributed by atoms with E-state index in [1.54, 1.807) is 12.0 Å². The van der Waals surface area contributed by atoms with Crippen molar-refractivity contribution in [2.45, 2.75) is 53.0 Å². The molecule has 0 aliphatic carbocycles. The summed E-state index contributed by atoms with van der Waals surface area (Å²) < 4.78 is 11.5. The number of methoxy groups -OCH3 is 1. The molecule has 0 bridgehead atoms. The van der Waals surface area contributed by atoms with Crippen molar-refractivity contribution in [1.29, 1.82) is 0 Å². The number of urea groups is 1. The number of hydrogen-bond donors (Lipinski definition) is 2. The summed E-state index contributed by atoms with van der Waals surface area (Å²) in [6, 6.07) is 8.01. The number of nitrogens with zero attached hydrogens (tertiary/aromatic N) is 4. The lowest BCUT2D eigenvalue weighted by atomic mass is 9.93. The molecule has 10 nitrogen and oxygen atoms in total. The molecule has 10 heteroatoms. The molecule has 2 aliphatic rings. The number of H-pyrrole nitrogens is 1. The number of aromatic amines is 1. The molecular formula is C31H38N6O4. The first kappa shape index (κ1) is 28.2. The van der Waals surface area contributed by atoms with Crippen LogP contribution in [0.15, 0.2) is 41.8 Å². The minimum atomic E-state index is -0.269. The van der Waals surface area contributed by atoms with Crippen LogP contribution in [0.1, 0.15) is 64.1 Å². The summed E-state index contributed by atoms with van der Waals surface area (Å²) in [6.45, 7) is 9.85. The number of imidazole rings is 1. The molecule has 0 saturated carbocycles. The van der Waals surface area contributed by atoms with Gasteiger partial charge in [-0.25, -0.2) is 14.8 Å². The summed E-state index contributed by atoms with van der Waals surface area (Å²) in [6.07, 6.45) is 5.14. The number of carbonyl (C=O) groups excluding carboxylic acids is 2. The molecule has 3 heterocycles. The van der Waals surface area contributed by atoms with Gasteiger partial charge < -0.3 is 24.7 Å². The Labute approximate surface area is 240 Å². The quantitative estimate of drug-likeness (QED) is 0.403. The Morgan fingerprint density at radius 3 is 2.63 bits per heavy atom. The molecular weight excluding hydrogens is 520 g/mol. The topological polar surface area (TPSA) is 112 Å². The average Bonchev–Trinajstić information content (AvgIpc) is 3.42. The number of aromatic nitrogens is 2. The highest BCUT2D eigenvalue weighted by Crippen LogP contribution is 2.42. The highest BCUT2D eigenvalue weighted by Gasteiger charge is 2.40. The molecule has 1 unspecified atom stereocenters. The van der Waals surface area contributed by atoms with E-state index in [1.165, 1.54) is 18.1 Å². The second-order valence-corrected chi connectivity index (χ2v) is 10.6. The molecule has 1 aromatic heterocycles. The lowest BCUT2D eigenvalue weighted by Crippen LogP contribution is -2.55. The van der Waals surface area contributed by atoms with Gasteiger partial charge in [0, 0.05) is 26.1 Å². The van der Waals surface area contributed by atoms with Gasteiger partial charge >= 0.3 is 6.03 Å².